The fourth-order valence-corrected chi connectivity index (χ4v) is 4.54. The van der Waals surface area contributed by atoms with E-state index in [-0.39, 0.29) is 0 Å². The van der Waals surface area contributed by atoms with Crippen molar-refractivity contribution in [3.63, 3.8) is 0 Å². The Hall–Kier alpha value is 0.580. The lowest BCUT2D eigenvalue weighted by molar-refractivity contribution is 0.0542. The molecular weight excluding hydrogens is 366 g/mol. The van der Waals surface area contributed by atoms with Crippen LogP contribution in [0.1, 0.15) is 30.7 Å². The molecule has 0 bridgehead atoms. The molecule has 1 saturated heterocycles. The third kappa shape index (κ3) is 3.53. The summed E-state index contributed by atoms with van der Waals surface area (Å²) in [4.78, 5) is 1.41. The fourth-order valence-electron chi connectivity index (χ4n) is 2.29. The third-order valence-corrected chi connectivity index (χ3v) is 6.47. The average Bonchev–Trinajstić information content (AvgIpc) is 2.67. The van der Waals surface area contributed by atoms with Crippen LogP contribution in [-0.2, 0) is 4.74 Å². The first-order valence-corrected chi connectivity index (χ1v) is 8.38. The highest BCUT2D eigenvalue weighted by atomic mass is 79.9. The van der Waals surface area contributed by atoms with Crippen molar-refractivity contribution < 1.29 is 4.74 Å². The number of hydrogen-bond acceptors (Lipinski definition) is 3. The summed E-state index contributed by atoms with van der Waals surface area (Å²) in [5.74, 6) is 0.696. The summed E-state index contributed by atoms with van der Waals surface area (Å²) in [5.41, 5.74) is 0. The van der Waals surface area contributed by atoms with E-state index in [0.717, 1.165) is 37.1 Å². The predicted octanol–water partition coefficient (Wildman–Crippen LogP) is 4.35. The summed E-state index contributed by atoms with van der Waals surface area (Å²) >= 11 is 8.97. The Balaban J connectivity index is 2.15. The Kier molecular flexibility index (Phi) is 5.49. The van der Waals surface area contributed by atoms with Gasteiger partial charge in [-0.25, -0.2) is 0 Å². The van der Waals surface area contributed by atoms with E-state index in [0.29, 0.717) is 12.0 Å². The summed E-state index contributed by atoms with van der Waals surface area (Å²) < 4.78 is 7.79. The lowest BCUT2D eigenvalue weighted by Gasteiger charge is -2.30. The van der Waals surface area contributed by atoms with E-state index < -0.39 is 0 Å². The molecule has 0 aromatic carbocycles. The van der Waals surface area contributed by atoms with Crippen LogP contribution in [0.3, 0.4) is 0 Å². The van der Waals surface area contributed by atoms with Crippen molar-refractivity contribution in [2.24, 2.45) is 5.92 Å². The maximum Gasteiger partial charge on any atom is 0.0843 e. The van der Waals surface area contributed by atoms with E-state index in [9.17, 15) is 0 Å². The van der Waals surface area contributed by atoms with Crippen LogP contribution in [0.2, 0.25) is 0 Å². The van der Waals surface area contributed by atoms with E-state index >= 15 is 0 Å². The Labute approximate surface area is 123 Å². The quantitative estimate of drug-likeness (QED) is 0.835. The largest absolute Gasteiger partial charge is 0.381 e. The minimum atomic E-state index is 0.469. The molecule has 1 unspecified atom stereocenters. The molecule has 1 atom stereocenters. The Morgan fingerprint density at radius 1 is 1.47 bits per heavy atom. The van der Waals surface area contributed by atoms with Crippen LogP contribution in [-0.4, -0.2) is 19.8 Å². The second kappa shape index (κ2) is 6.66. The molecule has 0 aliphatic carbocycles. The van der Waals surface area contributed by atoms with Gasteiger partial charge in [0.05, 0.1) is 3.79 Å². The lowest BCUT2D eigenvalue weighted by atomic mass is 9.91. The summed E-state index contributed by atoms with van der Waals surface area (Å²) in [6.07, 6.45) is 2.32. The summed E-state index contributed by atoms with van der Waals surface area (Å²) in [6, 6.07) is 2.70. The zero-order chi connectivity index (χ0) is 12.3. The van der Waals surface area contributed by atoms with Crippen molar-refractivity contribution in [2.45, 2.75) is 25.8 Å². The monoisotopic (exact) mass is 381 g/mol. The summed E-state index contributed by atoms with van der Waals surface area (Å²) in [7, 11) is 0. The molecule has 1 aliphatic heterocycles. The van der Waals surface area contributed by atoms with Crippen LogP contribution < -0.4 is 5.32 Å². The third-order valence-electron chi connectivity index (χ3n) is 3.13. The van der Waals surface area contributed by atoms with Gasteiger partial charge in [0.1, 0.15) is 0 Å². The molecule has 0 spiro atoms. The van der Waals surface area contributed by atoms with Gasteiger partial charge in [-0.3, -0.25) is 0 Å². The van der Waals surface area contributed by atoms with Crippen LogP contribution in [0, 0.1) is 5.92 Å². The molecule has 0 amide bonds. The molecule has 1 N–H and O–H groups in total. The van der Waals surface area contributed by atoms with Crippen molar-refractivity contribution in [2.75, 3.05) is 19.8 Å². The molecule has 0 saturated carbocycles. The molecule has 1 fully saturated rings. The van der Waals surface area contributed by atoms with Crippen molar-refractivity contribution in [3.8, 4) is 0 Å². The van der Waals surface area contributed by atoms with Crippen LogP contribution in [0.25, 0.3) is 0 Å². The van der Waals surface area contributed by atoms with Gasteiger partial charge in [-0.15, -0.1) is 11.3 Å². The number of halogens is 2. The first-order valence-electron chi connectivity index (χ1n) is 5.98. The van der Waals surface area contributed by atoms with Gasteiger partial charge in [0.25, 0.3) is 0 Å². The second-order valence-electron chi connectivity index (χ2n) is 4.26. The van der Waals surface area contributed by atoms with E-state index in [4.69, 9.17) is 4.74 Å². The molecule has 5 heteroatoms. The van der Waals surface area contributed by atoms with Gasteiger partial charge in [-0.2, -0.15) is 0 Å². The topological polar surface area (TPSA) is 21.3 Å². The van der Waals surface area contributed by atoms with Crippen molar-refractivity contribution in [1.82, 2.24) is 5.32 Å². The van der Waals surface area contributed by atoms with Crippen LogP contribution >= 0.6 is 43.2 Å². The van der Waals surface area contributed by atoms with Crippen molar-refractivity contribution >= 4 is 43.2 Å². The van der Waals surface area contributed by atoms with Gasteiger partial charge in [-0.05, 0) is 63.2 Å². The normalized spacial score (nSPS) is 19.5. The van der Waals surface area contributed by atoms with Gasteiger partial charge in [-0.1, -0.05) is 6.92 Å². The molecule has 0 radical (unpaired) electrons. The standard InChI is InChI=1S/C12H17Br2NOS/c1-2-15-11(8-3-5-16-6-4-8)10-7-9(13)12(14)17-10/h7-8,11,15H,2-6H2,1H3. The number of ether oxygens (including phenoxy) is 1. The number of hydrogen-bond donors (Lipinski definition) is 1. The average molecular weight is 383 g/mol. The van der Waals surface area contributed by atoms with Crippen molar-refractivity contribution in [1.29, 1.82) is 0 Å². The zero-order valence-corrected chi connectivity index (χ0v) is 13.8. The smallest absolute Gasteiger partial charge is 0.0843 e. The number of rotatable bonds is 4. The maximum atomic E-state index is 5.45. The van der Waals surface area contributed by atoms with Gasteiger partial charge < -0.3 is 10.1 Å². The Bertz CT molecular complexity index is 344. The molecule has 1 aromatic heterocycles. The molecular formula is C12H17Br2NOS. The predicted molar refractivity (Wildman–Crippen MR) is 79.7 cm³/mol. The van der Waals surface area contributed by atoms with Crippen LogP contribution in [0.5, 0.6) is 0 Å². The highest BCUT2D eigenvalue weighted by Gasteiger charge is 2.26. The molecule has 1 aliphatic rings. The van der Waals surface area contributed by atoms with Gasteiger partial charge in [0, 0.05) is 28.6 Å². The molecule has 2 heterocycles. The molecule has 96 valence electrons. The molecule has 2 rings (SSSR count). The SMILES string of the molecule is CCNC(c1cc(Br)c(Br)s1)C1CCOCC1. The lowest BCUT2D eigenvalue weighted by Crippen LogP contribution is -2.31. The van der Waals surface area contributed by atoms with E-state index in [1.165, 1.54) is 8.66 Å². The summed E-state index contributed by atoms with van der Waals surface area (Å²) in [5, 5.41) is 3.62. The zero-order valence-electron chi connectivity index (χ0n) is 9.84. The van der Waals surface area contributed by atoms with Gasteiger partial charge in [0.2, 0.25) is 0 Å². The second-order valence-corrected chi connectivity index (χ2v) is 7.51. The van der Waals surface area contributed by atoms with E-state index in [1.54, 1.807) is 0 Å². The highest BCUT2D eigenvalue weighted by molar-refractivity contribution is 9.13. The summed E-state index contributed by atoms with van der Waals surface area (Å²) in [6.45, 7) is 4.99. The van der Waals surface area contributed by atoms with Crippen LogP contribution in [0.15, 0.2) is 14.3 Å². The number of thiophene rings is 1. The first kappa shape index (κ1) is 14.0. The number of nitrogens with one attached hydrogen (secondary N) is 1. The minimum absolute atomic E-state index is 0.469. The van der Waals surface area contributed by atoms with Gasteiger partial charge >= 0.3 is 0 Å². The Morgan fingerprint density at radius 3 is 2.71 bits per heavy atom. The minimum Gasteiger partial charge on any atom is -0.381 e. The van der Waals surface area contributed by atoms with Crippen LogP contribution in [0.4, 0.5) is 0 Å². The first-order chi connectivity index (χ1) is 8.22. The van der Waals surface area contributed by atoms with E-state index in [1.807, 2.05) is 11.3 Å². The molecule has 17 heavy (non-hydrogen) atoms. The molecule has 2 nitrogen and oxygen atoms in total. The molecule has 1 aromatic rings. The highest BCUT2D eigenvalue weighted by Crippen LogP contribution is 2.39. The fraction of sp³-hybridized carbons (Fsp3) is 0.667. The maximum absolute atomic E-state index is 5.45. The van der Waals surface area contributed by atoms with E-state index in [2.05, 4.69) is 50.2 Å². The van der Waals surface area contributed by atoms with Gasteiger partial charge in [0.15, 0.2) is 0 Å². The Morgan fingerprint density at radius 2 is 2.18 bits per heavy atom. The van der Waals surface area contributed by atoms with Crippen molar-refractivity contribution in [3.05, 3.63) is 19.2 Å².